The van der Waals surface area contributed by atoms with Gasteiger partial charge in [-0.3, -0.25) is 9.10 Å². The second-order valence-corrected chi connectivity index (χ2v) is 13.7. The maximum absolute atomic E-state index is 13.7. The minimum atomic E-state index is -4.10. The monoisotopic (exact) mass is 615 g/mol. The van der Waals surface area contributed by atoms with E-state index in [0.717, 1.165) is 29.1 Å². The van der Waals surface area contributed by atoms with Gasteiger partial charge in [0.05, 0.1) is 28.6 Å². The molecule has 0 aromatic heterocycles. The molecule has 0 atom stereocenters. The molecule has 4 rings (SSSR count). The summed E-state index contributed by atoms with van der Waals surface area (Å²) in [4.78, 5) is 13.2. The van der Waals surface area contributed by atoms with Crippen LogP contribution in [0.1, 0.15) is 31.7 Å². The van der Waals surface area contributed by atoms with E-state index < -0.39 is 32.5 Å². The van der Waals surface area contributed by atoms with Gasteiger partial charge in [-0.2, -0.15) is 4.31 Å². The molecule has 3 aromatic rings. The Morgan fingerprint density at radius 3 is 2.17 bits per heavy atom. The molecule has 3 aromatic carbocycles. The number of anilines is 1. The first-order valence-corrected chi connectivity index (χ1v) is 16.8. The lowest BCUT2D eigenvalue weighted by Crippen LogP contribution is -2.42. The summed E-state index contributed by atoms with van der Waals surface area (Å²) >= 11 is 0. The van der Waals surface area contributed by atoms with Gasteiger partial charge in [0.25, 0.3) is 10.0 Å². The first-order valence-electron chi connectivity index (χ1n) is 13.9. The van der Waals surface area contributed by atoms with Gasteiger partial charge >= 0.3 is 0 Å². The van der Waals surface area contributed by atoms with Crippen molar-refractivity contribution in [2.45, 2.75) is 42.9 Å². The highest BCUT2D eigenvalue weighted by atomic mass is 32.2. The average Bonchev–Trinajstić information content (AvgIpc) is 2.99. The second-order valence-electron chi connectivity index (χ2n) is 9.86. The number of carbonyl (C=O) groups excluding carboxylic acids is 1. The number of nitrogens with one attached hydrogen (secondary N) is 1. The van der Waals surface area contributed by atoms with Crippen LogP contribution in [0.3, 0.4) is 0 Å². The second kappa shape index (κ2) is 14.0. The standard InChI is InChI=1S/C30H37N3O7S2/c1-3-39-29-10-6-5-9-28(29)33(42(37,38)27-15-11-24(2)12-16-27)23-30(34)31-19-22-40-25-13-17-26(18-14-25)41(35,36)32-20-7-4-8-21-32/h5-6,9-18H,3-4,7-8,19-23H2,1-2H3,(H,31,34). The Kier molecular flexibility index (Phi) is 10.5. The van der Waals surface area contributed by atoms with Crippen molar-refractivity contribution in [1.82, 2.24) is 9.62 Å². The molecule has 10 nitrogen and oxygen atoms in total. The molecule has 1 aliphatic rings. The van der Waals surface area contributed by atoms with Gasteiger partial charge in [0, 0.05) is 13.1 Å². The summed E-state index contributed by atoms with van der Waals surface area (Å²) in [5, 5.41) is 2.70. The van der Waals surface area contributed by atoms with E-state index in [4.69, 9.17) is 9.47 Å². The Hall–Kier alpha value is -3.61. The summed E-state index contributed by atoms with van der Waals surface area (Å²) in [5.41, 5.74) is 1.16. The number of aryl methyl sites for hydroxylation is 1. The predicted octanol–water partition coefficient (Wildman–Crippen LogP) is 3.96. The van der Waals surface area contributed by atoms with E-state index in [2.05, 4.69) is 5.32 Å². The van der Waals surface area contributed by atoms with E-state index in [0.29, 0.717) is 31.2 Å². The molecule has 0 unspecified atom stereocenters. The lowest BCUT2D eigenvalue weighted by atomic mass is 10.2. The van der Waals surface area contributed by atoms with Gasteiger partial charge in [-0.15, -0.1) is 0 Å². The van der Waals surface area contributed by atoms with Crippen LogP contribution in [0.5, 0.6) is 11.5 Å². The van der Waals surface area contributed by atoms with Crippen molar-refractivity contribution in [3.8, 4) is 11.5 Å². The van der Waals surface area contributed by atoms with Crippen LogP contribution in [0.4, 0.5) is 5.69 Å². The average molecular weight is 616 g/mol. The van der Waals surface area contributed by atoms with Gasteiger partial charge in [0.15, 0.2) is 0 Å². The van der Waals surface area contributed by atoms with Crippen molar-refractivity contribution < 1.29 is 31.1 Å². The number of ether oxygens (including phenoxy) is 2. The van der Waals surface area contributed by atoms with Gasteiger partial charge in [-0.1, -0.05) is 36.2 Å². The number of sulfonamides is 2. The number of hydrogen-bond acceptors (Lipinski definition) is 7. The predicted molar refractivity (Wildman–Crippen MR) is 161 cm³/mol. The molecule has 0 bridgehead atoms. The molecule has 1 saturated heterocycles. The summed E-state index contributed by atoms with van der Waals surface area (Å²) in [6, 6.07) is 19.3. The molecule has 1 amide bonds. The molecule has 42 heavy (non-hydrogen) atoms. The van der Waals surface area contributed by atoms with Crippen LogP contribution < -0.4 is 19.1 Å². The molecule has 1 heterocycles. The van der Waals surface area contributed by atoms with E-state index in [1.807, 2.05) is 6.92 Å². The molecule has 0 spiro atoms. The highest BCUT2D eigenvalue weighted by Crippen LogP contribution is 2.32. The Morgan fingerprint density at radius 1 is 0.857 bits per heavy atom. The van der Waals surface area contributed by atoms with E-state index >= 15 is 0 Å². The molecule has 0 saturated carbocycles. The van der Waals surface area contributed by atoms with Crippen molar-refractivity contribution in [2.24, 2.45) is 0 Å². The van der Waals surface area contributed by atoms with Crippen LogP contribution in [0.2, 0.25) is 0 Å². The van der Waals surface area contributed by atoms with Crippen molar-refractivity contribution in [3.63, 3.8) is 0 Å². The third kappa shape index (κ3) is 7.61. The fourth-order valence-electron chi connectivity index (χ4n) is 4.59. The number of amides is 1. The minimum absolute atomic E-state index is 0.0567. The van der Waals surface area contributed by atoms with Crippen LogP contribution in [-0.2, 0) is 24.8 Å². The van der Waals surface area contributed by atoms with Crippen molar-refractivity contribution >= 4 is 31.6 Å². The summed E-state index contributed by atoms with van der Waals surface area (Å²) < 4.78 is 66.9. The molecule has 0 aliphatic carbocycles. The number of hydrogen-bond donors (Lipinski definition) is 1. The van der Waals surface area contributed by atoms with Crippen LogP contribution >= 0.6 is 0 Å². The molecule has 0 radical (unpaired) electrons. The largest absolute Gasteiger partial charge is 0.492 e. The third-order valence-corrected chi connectivity index (χ3v) is 10.5. The maximum atomic E-state index is 13.7. The van der Waals surface area contributed by atoms with Gasteiger partial charge in [-0.25, -0.2) is 16.8 Å². The van der Waals surface area contributed by atoms with Gasteiger partial charge in [-0.05, 0) is 75.2 Å². The van der Waals surface area contributed by atoms with Gasteiger partial charge in [0.2, 0.25) is 15.9 Å². The van der Waals surface area contributed by atoms with E-state index in [-0.39, 0.29) is 28.6 Å². The highest BCUT2D eigenvalue weighted by molar-refractivity contribution is 7.93. The molecule has 226 valence electrons. The number of benzene rings is 3. The van der Waals surface area contributed by atoms with Crippen LogP contribution in [0, 0.1) is 6.92 Å². The van der Waals surface area contributed by atoms with Crippen LogP contribution in [-0.4, -0.2) is 66.4 Å². The molecule has 1 N–H and O–H groups in total. The zero-order valence-electron chi connectivity index (χ0n) is 23.9. The zero-order valence-corrected chi connectivity index (χ0v) is 25.5. The molecular weight excluding hydrogens is 578 g/mol. The zero-order chi connectivity index (χ0) is 30.2. The quantitative estimate of drug-likeness (QED) is 0.289. The number of rotatable bonds is 13. The fourth-order valence-corrected chi connectivity index (χ4v) is 7.53. The first kappa shape index (κ1) is 31.3. The minimum Gasteiger partial charge on any atom is -0.492 e. The van der Waals surface area contributed by atoms with E-state index in [1.54, 1.807) is 55.5 Å². The smallest absolute Gasteiger partial charge is 0.264 e. The molecule has 1 fully saturated rings. The van der Waals surface area contributed by atoms with E-state index in [1.165, 1.54) is 28.6 Å². The molecule has 12 heteroatoms. The van der Waals surface area contributed by atoms with Crippen LogP contribution in [0.15, 0.2) is 82.6 Å². The van der Waals surface area contributed by atoms with Gasteiger partial charge < -0.3 is 14.8 Å². The van der Waals surface area contributed by atoms with Crippen molar-refractivity contribution in [3.05, 3.63) is 78.4 Å². The molecular formula is C30H37N3O7S2. The maximum Gasteiger partial charge on any atom is 0.264 e. The number of carbonyl (C=O) groups is 1. The highest BCUT2D eigenvalue weighted by Gasteiger charge is 2.29. The van der Waals surface area contributed by atoms with Crippen molar-refractivity contribution in [2.75, 3.05) is 43.7 Å². The SMILES string of the molecule is CCOc1ccccc1N(CC(=O)NCCOc1ccc(S(=O)(=O)N2CCCCC2)cc1)S(=O)(=O)c1ccc(C)cc1. The fraction of sp³-hybridized carbons (Fsp3) is 0.367. The third-order valence-electron chi connectivity index (χ3n) is 6.80. The lowest BCUT2D eigenvalue weighted by molar-refractivity contribution is -0.119. The van der Waals surface area contributed by atoms with E-state index in [9.17, 15) is 21.6 Å². The summed E-state index contributed by atoms with van der Waals surface area (Å²) in [7, 11) is -7.63. The summed E-state index contributed by atoms with van der Waals surface area (Å²) in [6.45, 7) is 4.78. The lowest BCUT2D eigenvalue weighted by Gasteiger charge is -2.26. The Bertz CT molecular complexity index is 1550. The summed E-state index contributed by atoms with van der Waals surface area (Å²) in [6.07, 6.45) is 2.76. The number of para-hydroxylation sites is 2. The Morgan fingerprint density at radius 2 is 1.50 bits per heavy atom. The van der Waals surface area contributed by atoms with Gasteiger partial charge in [0.1, 0.15) is 24.7 Å². The van der Waals surface area contributed by atoms with Crippen molar-refractivity contribution in [1.29, 1.82) is 0 Å². The topological polar surface area (TPSA) is 122 Å². The number of nitrogens with zero attached hydrogens (tertiary/aromatic N) is 2. The first-order chi connectivity index (χ1) is 20.1. The van der Waals surface area contributed by atoms with Crippen LogP contribution in [0.25, 0.3) is 0 Å². The molecule has 1 aliphatic heterocycles. The summed E-state index contributed by atoms with van der Waals surface area (Å²) in [5.74, 6) is 0.275. The normalized spacial score (nSPS) is 14.2. The Balaban J connectivity index is 1.39. The Labute approximate surface area is 248 Å². The number of piperidine rings is 1.